The average Bonchev–Trinajstić information content (AvgIpc) is 3.15. The second-order valence-electron chi connectivity index (χ2n) is 11.1. The minimum absolute atomic E-state index is 0.0939. The molecule has 2 heterocycles. The molecule has 0 saturated carbocycles. The summed E-state index contributed by atoms with van der Waals surface area (Å²) in [6.45, 7) is 11.8. The average molecular weight is 519 g/mol. The lowest BCUT2D eigenvalue weighted by molar-refractivity contribution is -0.123. The molecular weight excluding hydrogens is 484 g/mol. The Morgan fingerprint density at radius 2 is 1.71 bits per heavy atom. The van der Waals surface area contributed by atoms with E-state index in [0.29, 0.717) is 12.1 Å². The van der Waals surface area contributed by atoms with Crippen LogP contribution in [0.1, 0.15) is 56.1 Å². The van der Waals surface area contributed by atoms with E-state index in [1.807, 2.05) is 65.8 Å². The first kappa shape index (κ1) is 26.8. The van der Waals surface area contributed by atoms with Gasteiger partial charge in [-0.15, -0.1) is 5.10 Å². The minimum atomic E-state index is -0.577. The van der Waals surface area contributed by atoms with Crippen molar-refractivity contribution < 1.29 is 9.59 Å². The highest BCUT2D eigenvalue weighted by Gasteiger charge is 2.21. The molecule has 0 aliphatic carbocycles. The van der Waals surface area contributed by atoms with Gasteiger partial charge in [-0.05, 0) is 57.4 Å². The van der Waals surface area contributed by atoms with Gasteiger partial charge >= 0.3 is 5.69 Å². The maximum atomic E-state index is 13.7. The number of amides is 2. The molecule has 0 fully saturated rings. The van der Waals surface area contributed by atoms with Crippen LogP contribution in [0.3, 0.4) is 0 Å². The lowest BCUT2D eigenvalue weighted by atomic mass is 10.1. The third-order valence-corrected chi connectivity index (χ3v) is 5.98. The molecule has 0 atom stereocenters. The molecule has 0 aliphatic rings. The quantitative estimate of drug-likeness (QED) is 0.390. The number of aryl methyl sites for hydroxylation is 1. The Morgan fingerprint density at radius 1 is 1.03 bits per heavy atom. The Bertz CT molecular complexity index is 1640. The summed E-state index contributed by atoms with van der Waals surface area (Å²) >= 11 is 0. The number of carbonyl (C=O) groups excluding carboxylic acids is 2. The molecule has 4 rings (SSSR count). The topological polar surface area (TPSA) is 120 Å². The number of fused-ring (bicyclic) bond motifs is 3. The molecule has 2 aromatic heterocycles. The van der Waals surface area contributed by atoms with E-state index in [9.17, 15) is 19.2 Å². The molecule has 0 aliphatic heterocycles. The van der Waals surface area contributed by atoms with Gasteiger partial charge in [0, 0.05) is 17.6 Å². The molecule has 0 unspecified atom stereocenters. The van der Waals surface area contributed by atoms with E-state index in [1.54, 1.807) is 12.1 Å². The van der Waals surface area contributed by atoms with Crippen LogP contribution in [0.5, 0.6) is 0 Å². The highest BCUT2D eigenvalue weighted by molar-refractivity contribution is 5.98. The predicted octanol–water partition coefficient (Wildman–Crippen LogP) is 2.47. The zero-order valence-corrected chi connectivity index (χ0v) is 22.7. The van der Waals surface area contributed by atoms with Gasteiger partial charge in [0.15, 0.2) is 0 Å². The van der Waals surface area contributed by atoms with Gasteiger partial charge in [0.1, 0.15) is 6.54 Å². The number of nitrogens with one attached hydrogen (secondary N) is 2. The number of benzene rings is 2. The molecule has 2 N–H and O–H groups in total. The first-order valence-corrected chi connectivity index (χ1v) is 12.6. The first-order chi connectivity index (χ1) is 17.8. The third kappa shape index (κ3) is 5.69. The lowest BCUT2D eigenvalue weighted by Crippen LogP contribution is -2.43. The summed E-state index contributed by atoms with van der Waals surface area (Å²) in [6, 6.07) is 12.4. The summed E-state index contributed by atoms with van der Waals surface area (Å²) in [5.41, 5.74) is 1.10. The van der Waals surface area contributed by atoms with E-state index in [4.69, 9.17) is 0 Å². The normalized spacial score (nSPS) is 11.9. The van der Waals surface area contributed by atoms with Crippen molar-refractivity contribution >= 4 is 28.5 Å². The maximum Gasteiger partial charge on any atom is 0.352 e. The lowest BCUT2D eigenvalue weighted by Gasteiger charge is -2.20. The number of carbonyl (C=O) groups is 2. The van der Waals surface area contributed by atoms with Gasteiger partial charge in [-0.2, -0.15) is 0 Å². The first-order valence-electron chi connectivity index (χ1n) is 12.6. The van der Waals surface area contributed by atoms with Gasteiger partial charge in [-0.25, -0.2) is 13.9 Å². The van der Waals surface area contributed by atoms with Crippen LogP contribution in [0.2, 0.25) is 0 Å². The van der Waals surface area contributed by atoms with Crippen molar-refractivity contribution in [3.05, 3.63) is 80.0 Å². The van der Waals surface area contributed by atoms with Crippen LogP contribution in [0.4, 0.5) is 0 Å². The number of hydrogen-bond acceptors (Lipinski definition) is 5. The highest BCUT2D eigenvalue weighted by Crippen LogP contribution is 2.16. The second-order valence-corrected chi connectivity index (χ2v) is 11.1. The number of aromatic nitrogens is 4. The van der Waals surface area contributed by atoms with Crippen LogP contribution < -0.4 is 21.9 Å². The molecule has 0 bridgehead atoms. The van der Waals surface area contributed by atoms with Crippen LogP contribution in [-0.4, -0.2) is 42.6 Å². The fourth-order valence-corrected chi connectivity index (χ4v) is 4.17. The van der Waals surface area contributed by atoms with E-state index in [1.165, 1.54) is 15.0 Å². The molecule has 0 saturated heterocycles. The number of rotatable bonds is 7. The van der Waals surface area contributed by atoms with E-state index in [2.05, 4.69) is 15.7 Å². The second kappa shape index (κ2) is 10.3. The molecular formula is C28H34N6O4. The predicted molar refractivity (Wildman–Crippen MR) is 147 cm³/mol. The number of hydrogen-bond donors (Lipinski definition) is 2. The van der Waals surface area contributed by atoms with Gasteiger partial charge in [-0.1, -0.05) is 43.7 Å². The SMILES string of the molecule is Cc1ccc(Cn2c(=O)c3ccc(C(=O)NCC(C)C)cc3n3c(=O)n(CC(=O)NC(C)(C)C)nc23)cc1. The summed E-state index contributed by atoms with van der Waals surface area (Å²) in [5.74, 6) is -0.326. The van der Waals surface area contributed by atoms with Crippen LogP contribution in [-0.2, 0) is 17.9 Å². The monoisotopic (exact) mass is 518 g/mol. The Labute approximate surface area is 220 Å². The molecule has 2 aromatic carbocycles. The van der Waals surface area contributed by atoms with Crippen LogP contribution in [0, 0.1) is 12.8 Å². The largest absolute Gasteiger partial charge is 0.352 e. The Hall–Kier alpha value is -4.21. The maximum absolute atomic E-state index is 13.7. The minimum Gasteiger partial charge on any atom is -0.352 e. The van der Waals surface area contributed by atoms with Crippen molar-refractivity contribution in [1.29, 1.82) is 0 Å². The van der Waals surface area contributed by atoms with Crippen molar-refractivity contribution in [2.24, 2.45) is 5.92 Å². The third-order valence-electron chi connectivity index (χ3n) is 5.98. The molecule has 10 heteroatoms. The van der Waals surface area contributed by atoms with Crippen LogP contribution >= 0.6 is 0 Å². The summed E-state index contributed by atoms with van der Waals surface area (Å²) in [5, 5.41) is 10.4. The fraction of sp³-hybridized carbons (Fsp3) is 0.393. The van der Waals surface area contributed by atoms with Crippen LogP contribution in [0.25, 0.3) is 16.7 Å². The van der Waals surface area contributed by atoms with Crippen molar-refractivity contribution in [3.8, 4) is 0 Å². The highest BCUT2D eigenvalue weighted by atomic mass is 16.2. The molecule has 2 amide bonds. The summed E-state index contributed by atoms with van der Waals surface area (Å²) in [6.07, 6.45) is 0. The molecule has 0 spiro atoms. The van der Waals surface area contributed by atoms with Crippen molar-refractivity contribution in [2.45, 2.75) is 60.2 Å². The summed E-state index contributed by atoms with van der Waals surface area (Å²) in [7, 11) is 0. The van der Waals surface area contributed by atoms with E-state index in [0.717, 1.165) is 15.8 Å². The van der Waals surface area contributed by atoms with Gasteiger partial charge in [-0.3, -0.25) is 19.0 Å². The number of nitrogens with zero attached hydrogens (tertiary/aromatic N) is 4. The van der Waals surface area contributed by atoms with Crippen molar-refractivity contribution in [1.82, 2.24) is 29.4 Å². The molecule has 38 heavy (non-hydrogen) atoms. The zero-order valence-electron chi connectivity index (χ0n) is 22.7. The van der Waals surface area contributed by atoms with Gasteiger partial charge in [0.05, 0.1) is 17.4 Å². The molecule has 200 valence electrons. The summed E-state index contributed by atoms with van der Waals surface area (Å²) < 4.78 is 3.77. The van der Waals surface area contributed by atoms with E-state index in [-0.39, 0.29) is 53.1 Å². The van der Waals surface area contributed by atoms with Crippen molar-refractivity contribution in [2.75, 3.05) is 6.54 Å². The Balaban J connectivity index is 1.91. The fourth-order valence-electron chi connectivity index (χ4n) is 4.17. The van der Waals surface area contributed by atoms with Gasteiger partial charge in [0.2, 0.25) is 11.7 Å². The molecule has 4 aromatic rings. The Morgan fingerprint density at radius 3 is 2.34 bits per heavy atom. The molecule has 10 nitrogen and oxygen atoms in total. The van der Waals surface area contributed by atoms with Gasteiger partial charge < -0.3 is 10.6 Å². The van der Waals surface area contributed by atoms with Crippen LogP contribution in [0.15, 0.2) is 52.1 Å². The Kier molecular flexibility index (Phi) is 7.26. The molecule has 0 radical (unpaired) electrons. The standard InChI is InChI=1S/C28H34N6O4/c1-17(2)14-29-24(36)20-11-12-21-22(13-20)34-26(31-33(27(34)38)16-23(35)30-28(4,5)6)32(25(21)37)15-19-9-7-18(3)8-10-19/h7-13,17H,14-16H2,1-6H3,(H,29,36)(H,30,35). The van der Waals surface area contributed by atoms with Gasteiger partial charge in [0.25, 0.3) is 11.5 Å². The summed E-state index contributed by atoms with van der Waals surface area (Å²) in [4.78, 5) is 52.6. The zero-order chi connectivity index (χ0) is 27.8. The van der Waals surface area contributed by atoms with E-state index >= 15 is 0 Å². The van der Waals surface area contributed by atoms with Crippen molar-refractivity contribution in [3.63, 3.8) is 0 Å². The smallest absolute Gasteiger partial charge is 0.352 e. The van der Waals surface area contributed by atoms with E-state index < -0.39 is 11.2 Å².